The van der Waals surface area contributed by atoms with Gasteiger partial charge >= 0.3 is 0 Å². The van der Waals surface area contributed by atoms with Crippen LogP contribution in [0.2, 0.25) is 0 Å². The van der Waals surface area contributed by atoms with E-state index in [4.69, 9.17) is 14.2 Å². The van der Waals surface area contributed by atoms with E-state index in [2.05, 4.69) is 79.9 Å². The summed E-state index contributed by atoms with van der Waals surface area (Å²) in [6.45, 7) is 25.6. The maximum absolute atomic E-state index is 6.24. The number of rotatable bonds is 19. The van der Waals surface area contributed by atoms with Gasteiger partial charge in [-0.1, -0.05) is 6.07 Å². The quantitative estimate of drug-likeness (QED) is 0.181. The van der Waals surface area contributed by atoms with E-state index in [1.165, 1.54) is 12.8 Å². The minimum absolute atomic E-state index is 0.0742. The van der Waals surface area contributed by atoms with Crippen molar-refractivity contribution in [1.82, 2.24) is 10.6 Å². The van der Waals surface area contributed by atoms with Gasteiger partial charge in [-0.05, 0) is 146 Å². The normalized spacial score (nSPS) is 13.1. The van der Waals surface area contributed by atoms with Gasteiger partial charge in [-0.3, -0.25) is 0 Å². The molecule has 0 amide bonds. The second kappa shape index (κ2) is 16.0. The van der Waals surface area contributed by atoms with Crippen molar-refractivity contribution in [3.63, 3.8) is 0 Å². The van der Waals surface area contributed by atoms with Crippen molar-refractivity contribution in [2.45, 2.75) is 143 Å². The Morgan fingerprint density at radius 3 is 1.86 bits per heavy atom. The maximum atomic E-state index is 6.24. The number of hydrogen-bond acceptors (Lipinski definition) is 5. The van der Waals surface area contributed by atoms with Crippen molar-refractivity contribution in [1.29, 1.82) is 0 Å². The van der Waals surface area contributed by atoms with E-state index in [0.717, 1.165) is 76.3 Å². The molecule has 2 N–H and O–H groups in total. The number of nitrogens with one attached hydrogen (secondary N) is 2. The lowest BCUT2D eigenvalue weighted by Gasteiger charge is -2.32. The molecule has 0 spiro atoms. The second-order valence-corrected chi connectivity index (χ2v) is 13.8. The van der Waals surface area contributed by atoms with Crippen LogP contribution in [0.15, 0.2) is 24.3 Å². The summed E-state index contributed by atoms with van der Waals surface area (Å²) >= 11 is 0. The molecule has 0 fully saturated rings. The van der Waals surface area contributed by atoms with E-state index >= 15 is 0 Å². The van der Waals surface area contributed by atoms with Crippen LogP contribution in [0.5, 0.6) is 11.5 Å². The van der Waals surface area contributed by atoms with Gasteiger partial charge in [-0.15, -0.1) is 0 Å². The van der Waals surface area contributed by atoms with Gasteiger partial charge in [0.25, 0.3) is 0 Å². The Balaban J connectivity index is 2.13. The molecule has 0 heterocycles. The zero-order valence-corrected chi connectivity index (χ0v) is 26.0. The summed E-state index contributed by atoms with van der Waals surface area (Å²) < 4.78 is 18.1. The molecule has 0 aliphatic rings. The first-order valence-corrected chi connectivity index (χ1v) is 14.6. The fourth-order valence-electron chi connectivity index (χ4n) is 3.99. The number of benzene rings is 1. The summed E-state index contributed by atoms with van der Waals surface area (Å²) in [7, 11) is 0. The van der Waals surface area contributed by atoms with Crippen molar-refractivity contribution in [2.75, 3.05) is 26.3 Å². The van der Waals surface area contributed by atoms with Crippen molar-refractivity contribution in [2.24, 2.45) is 0 Å². The summed E-state index contributed by atoms with van der Waals surface area (Å²) in [6.07, 6.45) is 9.09. The van der Waals surface area contributed by atoms with Crippen LogP contribution in [0.4, 0.5) is 0 Å². The summed E-state index contributed by atoms with van der Waals surface area (Å²) in [5.41, 5.74) is 0.0488. The van der Waals surface area contributed by atoms with Crippen LogP contribution < -0.4 is 20.1 Å². The van der Waals surface area contributed by atoms with Gasteiger partial charge < -0.3 is 24.8 Å². The molecule has 0 saturated carbocycles. The lowest BCUT2D eigenvalue weighted by atomic mass is 9.91. The third-order valence-corrected chi connectivity index (χ3v) is 6.24. The molecule has 1 aromatic carbocycles. The van der Waals surface area contributed by atoms with E-state index < -0.39 is 0 Å². The molecule has 0 saturated heterocycles. The molecule has 0 aliphatic carbocycles. The van der Waals surface area contributed by atoms with E-state index in [1.807, 2.05) is 24.3 Å². The highest BCUT2D eigenvalue weighted by Gasteiger charge is 2.24. The molecular weight excluding hydrogens is 460 g/mol. The summed E-state index contributed by atoms with van der Waals surface area (Å²) in [6, 6.07) is 7.94. The molecule has 0 bridgehead atoms. The molecule has 0 atom stereocenters. The standard InChI is InChI=1S/C32H60N2O3/c1-29(2,3)33-22-13-12-16-25-36-32(9,10)21-20-31(7,8)34-23-14-11-15-24-35-27-18-17-19-28(26-27)37-30(4,5)6/h17-19,26,33-34H,11-16,20-25H2,1-10H3. The van der Waals surface area contributed by atoms with Crippen LogP contribution in [-0.2, 0) is 4.74 Å². The Labute approximate surface area is 229 Å². The second-order valence-electron chi connectivity index (χ2n) is 13.8. The fraction of sp³-hybridized carbons (Fsp3) is 0.812. The van der Waals surface area contributed by atoms with Crippen LogP contribution in [-0.4, -0.2) is 48.6 Å². The number of hydrogen-bond donors (Lipinski definition) is 2. The van der Waals surface area contributed by atoms with Crippen molar-refractivity contribution in [3.05, 3.63) is 24.3 Å². The van der Waals surface area contributed by atoms with Crippen molar-refractivity contribution < 1.29 is 14.2 Å². The average Bonchev–Trinajstić information content (AvgIpc) is 2.75. The van der Waals surface area contributed by atoms with Crippen LogP contribution >= 0.6 is 0 Å². The molecule has 0 aliphatic heterocycles. The molecule has 0 unspecified atom stereocenters. The van der Waals surface area contributed by atoms with Crippen LogP contribution in [0.3, 0.4) is 0 Å². The van der Waals surface area contributed by atoms with Gasteiger partial charge in [0.1, 0.15) is 17.1 Å². The molecule has 1 aromatic rings. The Morgan fingerprint density at radius 2 is 1.24 bits per heavy atom. The lowest BCUT2D eigenvalue weighted by Crippen LogP contribution is -2.41. The smallest absolute Gasteiger partial charge is 0.123 e. The molecule has 0 aromatic heterocycles. The molecule has 5 nitrogen and oxygen atoms in total. The number of unbranched alkanes of at least 4 members (excludes halogenated alkanes) is 4. The zero-order valence-electron chi connectivity index (χ0n) is 26.0. The maximum Gasteiger partial charge on any atom is 0.123 e. The molecule has 1 rings (SSSR count). The monoisotopic (exact) mass is 520 g/mol. The predicted molar refractivity (Wildman–Crippen MR) is 159 cm³/mol. The Hall–Kier alpha value is -1.30. The van der Waals surface area contributed by atoms with Crippen LogP contribution in [0.25, 0.3) is 0 Å². The predicted octanol–water partition coefficient (Wildman–Crippen LogP) is 7.92. The first-order valence-electron chi connectivity index (χ1n) is 14.6. The highest BCUT2D eigenvalue weighted by molar-refractivity contribution is 5.33. The molecule has 37 heavy (non-hydrogen) atoms. The largest absolute Gasteiger partial charge is 0.493 e. The Kier molecular flexibility index (Phi) is 14.5. The number of ether oxygens (including phenoxy) is 3. The van der Waals surface area contributed by atoms with Gasteiger partial charge in [0.2, 0.25) is 0 Å². The van der Waals surface area contributed by atoms with Crippen LogP contribution in [0.1, 0.15) is 121 Å². The van der Waals surface area contributed by atoms with E-state index in [1.54, 1.807) is 0 Å². The topological polar surface area (TPSA) is 51.8 Å². The SMILES string of the molecule is CC(C)(C)NCCCCCOC(C)(C)CCC(C)(C)NCCCCCOc1cccc(OC(C)(C)C)c1. The fourth-order valence-corrected chi connectivity index (χ4v) is 3.99. The summed E-state index contributed by atoms with van der Waals surface area (Å²) in [5, 5.41) is 7.31. The highest BCUT2D eigenvalue weighted by atomic mass is 16.5. The highest BCUT2D eigenvalue weighted by Crippen LogP contribution is 2.24. The summed E-state index contributed by atoms with van der Waals surface area (Å²) in [4.78, 5) is 0. The van der Waals surface area contributed by atoms with Gasteiger partial charge in [0.15, 0.2) is 0 Å². The molecular formula is C32H60N2O3. The minimum atomic E-state index is -0.203. The third-order valence-electron chi connectivity index (χ3n) is 6.24. The Morgan fingerprint density at radius 1 is 0.649 bits per heavy atom. The van der Waals surface area contributed by atoms with E-state index in [-0.39, 0.29) is 22.3 Å². The average molecular weight is 521 g/mol. The lowest BCUT2D eigenvalue weighted by molar-refractivity contribution is -0.0300. The molecule has 0 radical (unpaired) electrons. The van der Waals surface area contributed by atoms with Gasteiger partial charge in [0.05, 0.1) is 12.2 Å². The van der Waals surface area contributed by atoms with Crippen LogP contribution in [0, 0.1) is 0 Å². The van der Waals surface area contributed by atoms with Gasteiger partial charge in [0, 0.05) is 23.8 Å². The third kappa shape index (κ3) is 19.4. The molecule has 5 heteroatoms. The van der Waals surface area contributed by atoms with Gasteiger partial charge in [-0.25, -0.2) is 0 Å². The van der Waals surface area contributed by atoms with Crippen molar-refractivity contribution >= 4 is 0 Å². The van der Waals surface area contributed by atoms with Gasteiger partial charge in [-0.2, -0.15) is 0 Å². The summed E-state index contributed by atoms with van der Waals surface area (Å²) in [5.74, 6) is 1.73. The van der Waals surface area contributed by atoms with E-state index in [9.17, 15) is 0 Å². The van der Waals surface area contributed by atoms with Crippen molar-refractivity contribution in [3.8, 4) is 11.5 Å². The van der Waals surface area contributed by atoms with E-state index in [0.29, 0.717) is 0 Å². The zero-order chi connectivity index (χ0) is 28.0. The first kappa shape index (κ1) is 33.7. The molecule has 216 valence electrons. The minimum Gasteiger partial charge on any atom is -0.493 e. The first-order chi connectivity index (χ1) is 17.1. The Bertz CT molecular complexity index is 732.